The van der Waals surface area contributed by atoms with Gasteiger partial charge in [0.1, 0.15) is 5.69 Å². The Labute approximate surface area is 86.4 Å². The van der Waals surface area contributed by atoms with Crippen molar-refractivity contribution in [2.24, 2.45) is 7.05 Å². The number of aryl methyl sites for hydroxylation is 1. The molecule has 82 valence electrons. The van der Waals surface area contributed by atoms with Crippen molar-refractivity contribution in [1.29, 1.82) is 0 Å². The molecule has 1 N–H and O–H groups in total. The summed E-state index contributed by atoms with van der Waals surface area (Å²) in [6.07, 6.45) is 0.243. The summed E-state index contributed by atoms with van der Waals surface area (Å²) in [5.41, 5.74) is 1.03. The number of carboxylic acids is 1. The van der Waals surface area contributed by atoms with E-state index in [0.29, 0.717) is 11.3 Å². The molecule has 0 aromatic carbocycles. The van der Waals surface area contributed by atoms with Crippen LogP contribution in [0.3, 0.4) is 0 Å². The van der Waals surface area contributed by atoms with Crippen molar-refractivity contribution >= 4 is 15.8 Å². The number of aromatic nitrogens is 2. The van der Waals surface area contributed by atoms with E-state index >= 15 is 0 Å². The Kier molecular flexibility index (Phi) is 2.07. The van der Waals surface area contributed by atoms with Gasteiger partial charge >= 0.3 is 5.97 Å². The van der Waals surface area contributed by atoms with E-state index in [4.69, 9.17) is 5.11 Å². The monoisotopic (exact) mass is 230 g/mol. The van der Waals surface area contributed by atoms with E-state index in [1.54, 1.807) is 0 Å². The third-order valence-corrected chi connectivity index (χ3v) is 3.99. The largest absolute Gasteiger partial charge is 0.477 e. The second kappa shape index (κ2) is 3.06. The van der Waals surface area contributed by atoms with Gasteiger partial charge in [0.2, 0.25) is 0 Å². The minimum absolute atomic E-state index is 0.00593. The highest BCUT2D eigenvalue weighted by Gasteiger charge is 2.29. The number of hydrogen-bond acceptors (Lipinski definition) is 4. The van der Waals surface area contributed by atoms with Crippen LogP contribution in [0, 0.1) is 0 Å². The first-order chi connectivity index (χ1) is 6.91. The molecule has 0 amide bonds. The van der Waals surface area contributed by atoms with Gasteiger partial charge in [-0.2, -0.15) is 5.10 Å². The van der Waals surface area contributed by atoms with Crippen LogP contribution in [-0.4, -0.2) is 35.0 Å². The van der Waals surface area contributed by atoms with Gasteiger partial charge in [0.25, 0.3) is 0 Å². The number of rotatable bonds is 1. The minimum Gasteiger partial charge on any atom is -0.477 e. The van der Waals surface area contributed by atoms with Gasteiger partial charge in [-0.3, -0.25) is 4.68 Å². The minimum atomic E-state index is -3.09. The Balaban J connectivity index is 2.58. The summed E-state index contributed by atoms with van der Waals surface area (Å²) in [5, 5.41) is 12.9. The van der Waals surface area contributed by atoms with Gasteiger partial charge in [0, 0.05) is 12.6 Å². The molecule has 0 bridgehead atoms. The van der Waals surface area contributed by atoms with Crippen molar-refractivity contribution in [2.45, 2.75) is 12.2 Å². The van der Waals surface area contributed by atoms with E-state index in [0.717, 1.165) is 0 Å². The van der Waals surface area contributed by atoms with Crippen molar-refractivity contribution in [1.82, 2.24) is 9.78 Å². The zero-order valence-corrected chi connectivity index (χ0v) is 8.91. The normalized spacial score (nSPS) is 18.5. The summed E-state index contributed by atoms with van der Waals surface area (Å²) < 4.78 is 23.8. The quantitative estimate of drug-likeness (QED) is 0.708. The lowest BCUT2D eigenvalue weighted by molar-refractivity contribution is 0.0683. The van der Waals surface area contributed by atoms with E-state index in [1.165, 1.54) is 11.7 Å². The lowest BCUT2D eigenvalue weighted by Gasteiger charge is -2.10. The number of aromatic carboxylic acids is 1. The van der Waals surface area contributed by atoms with Crippen LogP contribution in [-0.2, 0) is 29.1 Å². The Morgan fingerprint density at radius 3 is 2.80 bits per heavy atom. The standard InChI is InChI=1S/C8H10N2O4S/c1-10-7(8(11)12)5-2-3-15(13,14)4-6(5)9-10/h2-4H2,1H3,(H,11,12). The van der Waals surface area contributed by atoms with Gasteiger partial charge in [-0.25, -0.2) is 13.2 Å². The second-order valence-electron chi connectivity index (χ2n) is 3.54. The fourth-order valence-electron chi connectivity index (χ4n) is 1.81. The molecule has 0 spiro atoms. The number of sulfone groups is 1. The average Bonchev–Trinajstić information content (AvgIpc) is 2.37. The van der Waals surface area contributed by atoms with Gasteiger partial charge in [0.15, 0.2) is 9.84 Å². The van der Waals surface area contributed by atoms with Crippen molar-refractivity contribution in [3.8, 4) is 0 Å². The first kappa shape index (κ1) is 10.2. The zero-order valence-electron chi connectivity index (χ0n) is 8.10. The molecule has 0 atom stereocenters. The Morgan fingerprint density at radius 1 is 1.53 bits per heavy atom. The van der Waals surface area contributed by atoms with E-state index in [9.17, 15) is 13.2 Å². The molecule has 0 radical (unpaired) electrons. The maximum absolute atomic E-state index is 11.3. The Morgan fingerprint density at radius 2 is 2.20 bits per heavy atom. The van der Waals surface area contributed by atoms with E-state index in [2.05, 4.69) is 5.10 Å². The van der Waals surface area contributed by atoms with Crippen LogP contribution < -0.4 is 0 Å². The summed E-state index contributed by atoms with van der Waals surface area (Å²) in [4.78, 5) is 10.9. The van der Waals surface area contributed by atoms with Gasteiger partial charge in [-0.05, 0) is 6.42 Å². The number of hydrogen-bond donors (Lipinski definition) is 1. The molecule has 2 rings (SSSR count). The van der Waals surface area contributed by atoms with Crippen molar-refractivity contribution in [2.75, 3.05) is 5.75 Å². The molecule has 0 saturated heterocycles. The maximum atomic E-state index is 11.3. The molecule has 0 unspecified atom stereocenters. The maximum Gasteiger partial charge on any atom is 0.354 e. The molecule has 2 heterocycles. The van der Waals surface area contributed by atoms with Crippen LogP contribution in [0.25, 0.3) is 0 Å². The molecule has 0 aliphatic carbocycles. The number of carboxylic acid groups (broad SMARTS) is 1. The zero-order chi connectivity index (χ0) is 11.2. The van der Waals surface area contributed by atoms with E-state index < -0.39 is 15.8 Å². The van der Waals surface area contributed by atoms with Crippen LogP contribution in [0.2, 0.25) is 0 Å². The van der Waals surface area contributed by atoms with E-state index in [1.807, 2.05) is 0 Å². The first-order valence-corrected chi connectivity index (χ1v) is 6.21. The first-order valence-electron chi connectivity index (χ1n) is 4.39. The Hall–Kier alpha value is -1.37. The molecular weight excluding hydrogens is 220 g/mol. The molecule has 1 aliphatic rings. The lowest BCUT2D eigenvalue weighted by Crippen LogP contribution is -2.19. The molecule has 7 heteroatoms. The van der Waals surface area contributed by atoms with E-state index in [-0.39, 0.29) is 23.6 Å². The molecule has 0 fully saturated rings. The molecule has 6 nitrogen and oxygen atoms in total. The Bertz CT molecular complexity index is 529. The van der Waals surface area contributed by atoms with Crippen molar-refractivity contribution in [3.05, 3.63) is 17.0 Å². The van der Waals surface area contributed by atoms with Crippen LogP contribution in [0.1, 0.15) is 21.7 Å². The fourth-order valence-corrected chi connectivity index (χ4v) is 3.12. The summed E-state index contributed by atoms with van der Waals surface area (Å²) in [5.74, 6) is -1.21. The van der Waals surface area contributed by atoms with Gasteiger partial charge in [0.05, 0.1) is 17.2 Å². The van der Waals surface area contributed by atoms with Crippen LogP contribution in [0.15, 0.2) is 0 Å². The third kappa shape index (κ3) is 1.63. The van der Waals surface area contributed by atoms with Crippen molar-refractivity contribution in [3.63, 3.8) is 0 Å². The summed E-state index contributed by atoms with van der Waals surface area (Å²) in [6.45, 7) is 0. The summed E-state index contributed by atoms with van der Waals surface area (Å²) >= 11 is 0. The van der Waals surface area contributed by atoms with Gasteiger partial charge in [-0.1, -0.05) is 0 Å². The lowest BCUT2D eigenvalue weighted by atomic mass is 10.1. The summed E-state index contributed by atoms with van der Waals surface area (Å²) in [7, 11) is -1.59. The third-order valence-electron chi connectivity index (χ3n) is 2.45. The van der Waals surface area contributed by atoms with Gasteiger partial charge < -0.3 is 5.11 Å². The number of fused-ring (bicyclic) bond motifs is 1. The SMILES string of the molecule is Cn1nc2c(c1C(=O)O)CCS(=O)(=O)C2. The highest BCUT2D eigenvalue weighted by Crippen LogP contribution is 2.22. The molecular formula is C8H10N2O4S. The molecule has 1 aromatic heterocycles. The fraction of sp³-hybridized carbons (Fsp3) is 0.500. The molecule has 0 saturated carbocycles. The highest BCUT2D eigenvalue weighted by molar-refractivity contribution is 7.90. The molecule has 15 heavy (non-hydrogen) atoms. The van der Waals surface area contributed by atoms with Crippen LogP contribution >= 0.6 is 0 Å². The summed E-state index contributed by atoms with van der Waals surface area (Å²) in [6, 6.07) is 0. The van der Waals surface area contributed by atoms with Crippen molar-refractivity contribution < 1.29 is 18.3 Å². The second-order valence-corrected chi connectivity index (χ2v) is 5.73. The topological polar surface area (TPSA) is 89.3 Å². The molecule has 1 aliphatic heterocycles. The average molecular weight is 230 g/mol. The number of nitrogens with zero attached hydrogens (tertiary/aromatic N) is 2. The van der Waals surface area contributed by atoms with Crippen LogP contribution in [0.4, 0.5) is 0 Å². The predicted molar refractivity (Wildman–Crippen MR) is 51.4 cm³/mol. The van der Waals surface area contributed by atoms with Crippen LogP contribution in [0.5, 0.6) is 0 Å². The predicted octanol–water partition coefficient (Wildman–Crippen LogP) is -0.411. The highest BCUT2D eigenvalue weighted by atomic mass is 32.2. The molecule has 1 aromatic rings. The smallest absolute Gasteiger partial charge is 0.354 e. The number of carbonyl (C=O) groups is 1. The van der Waals surface area contributed by atoms with Gasteiger partial charge in [-0.15, -0.1) is 0 Å².